The van der Waals surface area contributed by atoms with Gasteiger partial charge in [-0.1, -0.05) is 6.92 Å². The van der Waals surface area contributed by atoms with Gasteiger partial charge in [-0.2, -0.15) is 0 Å². The number of thiophene rings is 1. The van der Waals surface area contributed by atoms with E-state index in [1.165, 1.54) is 56.8 Å². The third-order valence-electron chi connectivity index (χ3n) is 5.09. The van der Waals surface area contributed by atoms with Gasteiger partial charge in [0.1, 0.15) is 5.00 Å². The lowest BCUT2D eigenvalue weighted by atomic mass is 10.0. The molecule has 2 aromatic rings. The zero-order valence-electron chi connectivity index (χ0n) is 17.4. The van der Waals surface area contributed by atoms with Gasteiger partial charge in [0, 0.05) is 37.6 Å². The molecule has 0 fully saturated rings. The first kappa shape index (κ1) is 22.4. The first-order valence-corrected chi connectivity index (χ1v) is 11.7. The molecule has 10 heteroatoms. The first-order chi connectivity index (χ1) is 14.2. The van der Waals surface area contributed by atoms with E-state index in [9.17, 15) is 18.0 Å². The molecule has 0 unspecified atom stereocenters. The second kappa shape index (κ2) is 8.84. The highest BCUT2D eigenvalue weighted by Crippen LogP contribution is 2.37. The summed E-state index contributed by atoms with van der Waals surface area (Å²) >= 11 is 1.38. The number of ether oxygens (including phenoxy) is 1. The summed E-state index contributed by atoms with van der Waals surface area (Å²) in [6.45, 7) is 4.57. The van der Waals surface area contributed by atoms with Crippen LogP contribution in [0.25, 0.3) is 0 Å². The van der Waals surface area contributed by atoms with Crippen molar-refractivity contribution in [2.45, 2.75) is 24.8 Å². The van der Waals surface area contributed by atoms with Crippen LogP contribution < -0.4 is 5.32 Å². The molecule has 8 nitrogen and oxygen atoms in total. The van der Waals surface area contributed by atoms with Crippen molar-refractivity contribution in [1.82, 2.24) is 9.21 Å². The van der Waals surface area contributed by atoms with Gasteiger partial charge >= 0.3 is 5.97 Å². The Bertz CT molecular complexity index is 1060. The Balaban J connectivity index is 1.88. The molecule has 3 rings (SSSR count). The average Bonchev–Trinajstić information content (AvgIpc) is 3.09. The summed E-state index contributed by atoms with van der Waals surface area (Å²) in [7, 11) is 0.645. The molecule has 0 bridgehead atoms. The van der Waals surface area contributed by atoms with Crippen LogP contribution in [0, 0.1) is 0 Å². The predicted molar refractivity (Wildman–Crippen MR) is 116 cm³/mol. The molecule has 1 aliphatic rings. The number of fused-ring (bicyclic) bond motifs is 1. The lowest BCUT2D eigenvalue weighted by molar-refractivity contribution is 0.0600. The van der Waals surface area contributed by atoms with Gasteiger partial charge in [0.2, 0.25) is 10.0 Å². The molecule has 0 spiro atoms. The number of hydrogen-bond acceptors (Lipinski definition) is 7. The Kier molecular flexibility index (Phi) is 6.61. The monoisotopic (exact) mass is 451 g/mol. The predicted octanol–water partition coefficient (Wildman–Crippen LogP) is 2.42. The van der Waals surface area contributed by atoms with Crippen LogP contribution in [0.1, 0.15) is 38.1 Å². The van der Waals surface area contributed by atoms with E-state index in [1.807, 2.05) is 0 Å². The number of anilines is 1. The summed E-state index contributed by atoms with van der Waals surface area (Å²) in [6.07, 6.45) is 0.719. The second-order valence-electron chi connectivity index (χ2n) is 7.08. The van der Waals surface area contributed by atoms with Gasteiger partial charge in [-0.05, 0) is 42.8 Å². The summed E-state index contributed by atoms with van der Waals surface area (Å²) in [5.74, 6) is -0.889. The number of nitrogens with one attached hydrogen (secondary N) is 1. The van der Waals surface area contributed by atoms with E-state index in [1.54, 1.807) is 0 Å². The van der Waals surface area contributed by atoms with Crippen LogP contribution in [-0.4, -0.2) is 63.8 Å². The Morgan fingerprint density at radius 3 is 2.47 bits per heavy atom. The van der Waals surface area contributed by atoms with Gasteiger partial charge in [-0.25, -0.2) is 17.5 Å². The zero-order valence-corrected chi connectivity index (χ0v) is 19.0. The van der Waals surface area contributed by atoms with Crippen LogP contribution in [0.4, 0.5) is 5.00 Å². The second-order valence-corrected chi connectivity index (χ2v) is 10.3. The molecule has 2 heterocycles. The number of likely N-dealkylation sites (N-methyl/N-ethyl adjacent to an activating group) is 1. The average molecular weight is 452 g/mol. The summed E-state index contributed by atoms with van der Waals surface area (Å²) in [4.78, 5) is 28.6. The third kappa shape index (κ3) is 4.27. The van der Waals surface area contributed by atoms with Crippen LogP contribution >= 0.6 is 11.3 Å². The van der Waals surface area contributed by atoms with E-state index in [0.717, 1.165) is 40.8 Å². The van der Waals surface area contributed by atoms with E-state index in [4.69, 9.17) is 4.74 Å². The lowest BCUT2D eigenvalue weighted by Gasteiger charge is -2.25. The fourth-order valence-corrected chi connectivity index (χ4v) is 5.47. The molecule has 1 amide bonds. The summed E-state index contributed by atoms with van der Waals surface area (Å²) in [6, 6.07) is 5.69. The Labute approximate surface area is 180 Å². The van der Waals surface area contributed by atoms with E-state index >= 15 is 0 Å². The number of carbonyl (C=O) groups is 2. The highest BCUT2D eigenvalue weighted by molar-refractivity contribution is 7.89. The van der Waals surface area contributed by atoms with Crippen LogP contribution in [0.2, 0.25) is 0 Å². The molecule has 1 aromatic carbocycles. The van der Waals surface area contributed by atoms with Crippen molar-refractivity contribution in [2.24, 2.45) is 0 Å². The Morgan fingerprint density at radius 2 is 1.90 bits per heavy atom. The molecule has 0 saturated carbocycles. The smallest absolute Gasteiger partial charge is 0.341 e. The number of rotatable bonds is 6. The maximum absolute atomic E-state index is 12.8. The Morgan fingerprint density at radius 1 is 1.23 bits per heavy atom. The summed E-state index contributed by atoms with van der Waals surface area (Å²) in [5.41, 5.74) is 1.64. The van der Waals surface area contributed by atoms with Crippen LogP contribution in [0.15, 0.2) is 29.2 Å². The van der Waals surface area contributed by atoms with Crippen LogP contribution in [-0.2, 0) is 27.7 Å². The van der Waals surface area contributed by atoms with E-state index < -0.39 is 21.9 Å². The number of methoxy groups -OCH3 is 1. The molecule has 0 aliphatic carbocycles. The number of amides is 1. The number of hydrogen-bond donors (Lipinski definition) is 1. The van der Waals surface area contributed by atoms with Gasteiger partial charge < -0.3 is 10.1 Å². The molecule has 0 saturated heterocycles. The highest BCUT2D eigenvalue weighted by Gasteiger charge is 2.29. The standard InChI is InChI=1S/C20H25N3O5S2/c1-5-23-11-10-15-16(12-23)29-19(17(15)20(25)28-4)21-18(24)13-6-8-14(9-7-13)30(26,27)22(2)3/h6-9H,5,10-12H2,1-4H3,(H,21,24). The lowest BCUT2D eigenvalue weighted by Crippen LogP contribution is -2.29. The molecule has 0 radical (unpaired) electrons. The highest BCUT2D eigenvalue weighted by atomic mass is 32.2. The quantitative estimate of drug-likeness (QED) is 0.678. The molecule has 0 atom stereocenters. The first-order valence-electron chi connectivity index (χ1n) is 9.48. The molecule has 1 aromatic heterocycles. The van der Waals surface area contributed by atoms with Gasteiger partial charge in [0.05, 0.1) is 17.6 Å². The Hall–Kier alpha value is -2.27. The fraction of sp³-hybridized carbons (Fsp3) is 0.400. The van der Waals surface area contributed by atoms with Crippen LogP contribution in [0.5, 0.6) is 0 Å². The van der Waals surface area contributed by atoms with Gasteiger partial charge in [0.15, 0.2) is 0 Å². The molecule has 1 N–H and O–H groups in total. The molecule has 1 aliphatic heterocycles. The minimum Gasteiger partial charge on any atom is -0.465 e. The topological polar surface area (TPSA) is 96.0 Å². The van der Waals surface area contributed by atoms with E-state index in [0.29, 0.717) is 16.1 Å². The number of esters is 1. The van der Waals surface area contributed by atoms with Crippen molar-refractivity contribution in [1.29, 1.82) is 0 Å². The number of nitrogens with zero attached hydrogens (tertiary/aromatic N) is 2. The molecule has 30 heavy (non-hydrogen) atoms. The normalized spacial score (nSPS) is 14.4. The maximum atomic E-state index is 12.8. The van der Waals surface area contributed by atoms with Crippen LogP contribution in [0.3, 0.4) is 0 Å². The van der Waals surface area contributed by atoms with Gasteiger partial charge in [-0.3, -0.25) is 9.69 Å². The number of benzene rings is 1. The molecular formula is C20H25N3O5S2. The minimum atomic E-state index is -3.57. The molecule has 162 valence electrons. The zero-order chi connectivity index (χ0) is 22.1. The minimum absolute atomic E-state index is 0.102. The summed E-state index contributed by atoms with van der Waals surface area (Å²) in [5, 5.41) is 3.27. The van der Waals surface area contributed by atoms with E-state index in [-0.39, 0.29) is 4.90 Å². The number of sulfonamides is 1. The SMILES string of the molecule is CCN1CCc2c(sc(NC(=O)c3ccc(S(=O)(=O)N(C)C)cc3)c2C(=O)OC)C1. The maximum Gasteiger partial charge on any atom is 0.341 e. The largest absolute Gasteiger partial charge is 0.465 e. The van der Waals surface area contributed by atoms with Crippen molar-refractivity contribution < 1.29 is 22.7 Å². The van der Waals surface area contributed by atoms with Crippen molar-refractivity contribution >= 4 is 38.2 Å². The molecular weight excluding hydrogens is 426 g/mol. The fourth-order valence-electron chi connectivity index (χ4n) is 3.30. The third-order valence-corrected chi connectivity index (χ3v) is 8.06. The van der Waals surface area contributed by atoms with Crippen molar-refractivity contribution in [3.05, 3.63) is 45.8 Å². The van der Waals surface area contributed by atoms with Gasteiger partial charge in [0.25, 0.3) is 5.91 Å². The number of carbonyl (C=O) groups excluding carboxylic acids is 2. The van der Waals surface area contributed by atoms with Crippen molar-refractivity contribution in [2.75, 3.05) is 39.6 Å². The van der Waals surface area contributed by atoms with E-state index in [2.05, 4.69) is 17.1 Å². The van der Waals surface area contributed by atoms with Crippen molar-refractivity contribution in [3.63, 3.8) is 0 Å². The van der Waals surface area contributed by atoms with Gasteiger partial charge in [-0.15, -0.1) is 11.3 Å². The summed E-state index contributed by atoms with van der Waals surface area (Å²) < 4.78 is 30.4. The van der Waals surface area contributed by atoms with Crippen molar-refractivity contribution in [3.8, 4) is 0 Å².